The highest BCUT2D eigenvalue weighted by Crippen LogP contribution is 2.16. The topological polar surface area (TPSA) is 87.9 Å². The van der Waals surface area contributed by atoms with Gasteiger partial charge >= 0.3 is 0 Å². The molecule has 0 bridgehead atoms. The van der Waals surface area contributed by atoms with Gasteiger partial charge in [-0.15, -0.1) is 0 Å². The Kier molecular flexibility index (Phi) is 16.1. The molecule has 5 N–H and O–H groups in total. The van der Waals surface area contributed by atoms with Gasteiger partial charge in [-0.05, 0) is 51.8 Å². The summed E-state index contributed by atoms with van der Waals surface area (Å²) in [5.74, 6) is 0.259. The first kappa shape index (κ1) is 24.3. The largest absolute Gasteiger partial charge is 0.385 e. The Labute approximate surface area is 149 Å². The van der Waals surface area contributed by atoms with Gasteiger partial charge in [0.15, 0.2) is 0 Å². The summed E-state index contributed by atoms with van der Waals surface area (Å²) in [6.07, 6.45) is 10.5. The highest BCUT2D eigenvalue weighted by atomic mass is 14.9. The molecule has 0 aromatic carbocycles. The first-order chi connectivity index (χ1) is 11.3. The van der Waals surface area contributed by atoms with Crippen LogP contribution in [0.4, 0.5) is 0 Å². The summed E-state index contributed by atoms with van der Waals surface area (Å²) in [5, 5.41) is 11.8. The molecule has 4 heteroatoms. The average molecular weight is 333 g/mol. The zero-order valence-corrected chi connectivity index (χ0v) is 16.0. The minimum absolute atomic E-state index is 0.259. The van der Waals surface area contributed by atoms with Crippen LogP contribution in [-0.4, -0.2) is 12.6 Å². The molecule has 1 aliphatic rings. The molecular weight excluding hydrogens is 296 g/mol. The number of hydrogen-bond donors (Lipinski definition) is 3. The molecule has 0 saturated heterocycles. The molecule has 0 aliphatic heterocycles. The van der Waals surface area contributed by atoms with Crippen LogP contribution in [0.1, 0.15) is 59.8 Å². The molecule has 0 aromatic rings. The Balaban J connectivity index is 0. The standard InChI is InChI=1S/C8H17N.C7H11N3.C5H8/c1-2-9-8-6-4-3-5-7-8;1-5(4-8)3-6(2)7(9)10;1-4-5(2)3/h8-9H,2-7H2,1H3;3H,9-10H2,1-2H3;4H,1-2H2,3H3/b;5-3+;. The molecule has 24 heavy (non-hydrogen) atoms. The van der Waals surface area contributed by atoms with Crippen molar-refractivity contribution in [2.45, 2.75) is 65.8 Å². The smallest absolute Gasteiger partial charge is 0.0964 e. The van der Waals surface area contributed by atoms with E-state index >= 15 is 0 Å². The van der Waals surface area contributed by atoms with Crippen LogP contribution < -0.4 is 16.8 Å². The molecule has 0 aromatic heterocycles. The zero-order valence-electron chi connectivity index (χ0n) is 16.0. The van der Waals surface area contributed by atoms with Gasteiger partial charge in [-0.25, -0.2) is 0 Å². The average Bonchev–Trinajstić information content (AvgIpc) is 2.57. The summed E-state index contributed by atoms with van der Waals surface area (Å²) in [4.78, 5) is 0. The second-order valence-corrected chi connectivity index (χ2v) is 6.02. The molecule has 0 heterocycles. The zero-order chi connectivity index (χ0) is 19.0. The number of nitrogens with zero attached hydrogens (tertiary/aromatic N) is 1. The fourth-order valence-electron chi connectivity index (χ4n) is 2.04. The molecule has 0 atom stereocenters. The van der Waals surface area contributed by atoms with Crippen LogP contribution in [0.15, 0.2) is 47.9 Å². The van der Waals surface area contributed by atoms with E-state index in [0.29, 0.717) is 5.57 Å². The number of allylic oxidation sites excluding steroid dienone is 5. The van der Waals surface area contributed by atoms with Crippen LogP contribution >= 0.6 is 0 Å². The Morgan fingerprint density at radius 2 is 1.71 bits per heavy atom. The highest BCUT2D eigenvalue weighted by Gasteiger charge is 2.10. The summed E-state index contributed by atoms with van der Waals surface area (Å²) in [7, 11) is 0. The third kappa shape index (κ3) is 16.4. The van der Waals surface area contributed by atoms with E-state index in [4.69, 9.17) is 16.7 Å². The third-order valence-electron chi connectivity index (χ3n) is 3.51. The van der Waals surface area contributed by atoms with Gasteiger partial charge in [0.2, 0.25) is 0 Å². The van der Waals surface area contributed by atoms with E-state index in [9.17, 15) is 0 Å². The summed E-state index contributed by atoms with van der Waals surface area (Å²) < 4.78 is 0. The molecule has 0 amide bonds. The van der Waals surface area contributed by atoms with Crippen molar-refractivity contribution in [3.8, 4) is 6.07 Å². The molecule has 1 fully saturated rings. The summed E-state index contributed by atoms with van der Waals surface area (Å²) in [6, 6.07) is 2.82. The van der Waals surface area contributed by atoms with Gasteiger partial charge in [-0.2, -0.15) is 5.26 Å². The Morgan fingerprint density at radius 1 is 1.21 bits per heavy atom. The molecule has 0 spiro atoms. The predicted molar refractivity (Wildman–Crippen MR) is 106 cm³/mol. The maximum absolute atomic E-state index is 8.34. The second-order valence-electron chi connectivity index (χ2n) is 6.02. The van der Waals surface area contributed by atoms with E-state index in [1.807, 2.05) is 13.0 Å². The van der Waals surface area contributed by atoms with E-state index < -0.39 is 0 Å². The molecule has 1 rings (SSSR count). The Morgan fingerprint density at radius 3 is 2.04 bits per heavy atom. The number of nitrogens with two attached hydrogens (primary N) is 2. The maximum atomic E-state index is 8.34. The molecule has 1 aliphatic carbocycles. The van der Waals surface area contributed by atoms with Crippen molar-refractivity contribution in [3.05, 3.63) is 47.9 Å². The van der Waals surface area contributed by atoms with Crippen molar-refractivity contribution in [1.82, 2.24) is 5.32 Å². The molecule has 1 saturated carbocycles. The lowest BCUT2D eigenvalue weighted by Gasteiger charge is -2.21. The van der Waals surface area contributed by atoms with Crippen LogP contribution in [0, 0.1) is 11.3 Å². The van der Waals surface area contributed by atoms with Crippen LogP contribution in [-0.2, 0) is 0 Å². The van der Waals surface area contributed by atoms with Crippen molar-refractivity contribution in [2.75, 3.05) is 6.54 Å². The quantitative estimate of drug-likeness (QED) is 0.529. The number of nitriles is 1. The maximum Gasteiger partial charge on any atom is 0.0964 e. The van der Waals surface area contributed by atoms with E-state index in [1.165, 1.54) is 32.1 Å². The molecule has 4 nitrogen and oxygen atoms in total. The lowest BCUT2D eigenvalue weighted by Crippen LogP contribution is -2.30. The lowest BCUT2D eigenvalue weighted by molar-refractivity contribution is 0.380. The Hall–Kier alpha value is -1.99. The minimum atomic E-state index is 0.259. The lowest BCUT2D eigenvalue weighted by atomic mass is 9.96. The van der Waals surface area contributed by atoms with Crippen LogP contribution in [0.2, 0.25) is 0 Å². The number of hydrogen-bond acceptors (Lipinski definition) is 4. The van der Waals surface area contributed by atoms with Gasteiger partial charge in [0, 0.05) is 11.6 Å². The van der Waals surface area contributed by atoms with Gasteiger partial charge in [0.25, 0.3) is 0 Å². The van der Waals surface area contributed by atoms with Crippen LogP contribution in [0.3, 0.4) is 0 Å². The van der Waals surface area contributed by atoms with E-state index in [1.54, 1.807) is 26.0 Å². The van der Waals surface area contributed by atoms with Crippen molar-refractivity contribution >= 4 is 0 Å². The summed E-state index contributed by atoms with van der Waals surface area (Å²) in [5.41, 5.74) is 12.8. The SMILES string of the molecule is C=CC(=C)C.CC(/C=C(\C)C#N)=C(N)N.CCNC1CCCCC1. The normalized spacial score (nSPS) is 14.0. The van der Waals surface area contributed by atoms with E-state index in [0.717, 1.165) is 23.7 Å². The predicted octanol–water partition coefficient (Wildman–Crippen LogP) is 4.28. The van der Waals surface area contributed by atoms with Crippen molar-refractivity contribution < 1.29 is 0 Å². The van der Waals surface area contributed by atoms with Crippen molar-refractivity contribution in [2.24, 2.45) is 11.5 Å². The monoisotopic (exact) mass is 332 g/mol. The van der Waals surface area contributed by atoms with E-state index in [2.05, 4.69) is 25.4 Å². The van der Waals surface area contributed by atoms with Crippen LogP contribution in [0.5, 0.6) is 0 Å². The third-order valence-corrected chi connectivity index (χ3v) is 3.51. The minimum Gasteiger partial charge on any atom is -0.385 e. The summed E-state index contributed by atoms with van der Waals surface area (Å²) in [6.45, 7) is 15.7. The highest BCUT2D eigenvalue weighted by molar-refractivity contribution is 5.30. The molecule has 0 unspecified atom stereocenters. The molecule has 136 valence electrons. The van der Waals surface area contributed by atoms with Gasteiger partial charge < -0.3 is 16.8 Å². The fraction of sp³-hybridized carbons (Fsp3) is 0.550. The van der Waals surface area contributed by atoms with Crippen molar-refractivity contribution in [3.63, 3.8) is 0 Å². The second kappa shape index (κ2) is 15.9. The first-order valence-corrected chi connectivity index (χ1v) is 8.59. The van der Waals surface area contributed by atoms with Crippen molar-refractivity contribution in [1.29, 1.82) is 5.26 Å². The van der Waals surface area contributed by atoms with Gasteiger partial charge in [0.1, 0.15) is 0 Å². The van der Waals surface area contributed by atoms with Gasteiger partial charge in [-0.3, -0.25) is 0 Å². The Bertz CT molecular complexity index is 454. The summed E-state index contributed by atoms with van der Waals surface area (Å²) >= 11 is 0. The fourth-order valence-corrected chi connectivity index (χ4v) is 2.04. The van der Waals surface area contributed by atoms with Crippen LogP contribution in [0.25, 0.3) is 0 Å². The number of nitrogens with one attached hydrogen (secondary N) is 1. The van der Waals surface area contributed by atoms with Gasteiger partial charge in [-0.1, -0.05) is 51.0 Å². The van der Waals surface area contributed by atoms with E-state index in [-0.39, 0.29) is 5.82 Å². The number of rotatable bonds is 4. The molecular formula is C20H36N4. The van der Waals surface area contributed by atoms with Gasteiger partial charge in [0.05, 0.1) is 11.9 Å². The molecule has 0 radical (unpaired) electrons. The first-order valence-electron chi connectivity index (χ1n) is 8.59.